The number of carbonyl (C=O) groups is 6. The second-order valence-electron chi connectivity index (χ2n) is 22.8. The second-order valence-corrected chi connectivity index (χ2v) is 24.9. The van der Waals surface area contributed by atoms with E-state index in [2.05, 4.69) is 61.1 Å². The van der Waals surface area contributed by atoms with Crippen LogP contribution in [0.1, 0.15) is 107 Å². The number of piperidine rings is 2. The van der Waals surface area contributed by atoms with Gasteiger partial charge in [-0.3, -0.25) is 54.0 Å². The molecule has 3 unspecified atom stereocenters. The first-order chi connectivity index (χ1) is 40.2. The van der Waals surface area contributed by atoms with Gasteiger partial charge in [0.2, 0.25) is 17.7 Å². The Balaban J connectivity index is 0.754. The normalized spacial score (nSPS) is 19.7. The van der Waals surface area contributed by atoms with Crippen LogP contribution in [0.3, 0.4) is 0 Å². The Morgan fingerprint density at radius 2 is 1.73 bits per heavy atom. The number of fused-ring (bicyclic) bond motifs is 2. The molecule has 11 rings (SSSR count). The first kappa shape index (κ1) is 57.3. The zero-order chi connectivity index (χ0) is 59.2. The highest BCUT2D eigenvalue weighted by Crippen LogP contribution is 2.44. The van der Waals surface area contributed by atoms with Crippen LogP contribution in [-0.4, -0.2) is 132 Å². The molecule has 6 amide bonds. The summed E-state index contributed by atoms with van der Waals surface area (Å²) in [6, 6.07) is 21.6. The minimum absolute atomic E-state index is 0.00747. The van der Waals surface area contributed by atoms with E-state index in [-0.39, 0.29) is 71.0 Å². The largest absolute Gasteiger partial charge is 0.455 e. The van der Waals surface area contributed by atoms with Crippen LogP contribution in [0.4, 0.5) is 17.1 Å². The summed E-state index contributed by atoms with van der Waals surface area (Å²) >= 11 is 6.26. The highest BCUT2D eigenvalue weighted by molar-refractivity contribution is 7.90. The molecular weight excluding hydrogens is 1120 g/mol. The van der Waals surface area contributed by atoms with Gasteiger partial charge >= 0.3 is 0 Å². The zero-order valence-corrected chi connectivity index (χ0v) is 47.8. The van der Waals surface area contributed by atoms with Crippen molar-refractivity contribution in [1.82, 2.24) is 34.7 Å². The molecule has 436 valence electrons. The Kier molecular flexibility index (Phi) is 15.9. The number of aromatic amines is 1. The number of sulfonamides is 1. The summed E-state index contributed by atoms with van der Waals surface area (Å²) in [5, 5.41) is 19.2. The number of hydrogen-bond donors (Lipinski definition) is 5. The van der Waals surface area contributed by atoms with Gasteiger partial charge in [-0.15, -0.1) is 0 Å². The van der Waals surface area contributed by atoms with Crippen molar-refractivity contribution >= 4 is 90.7 Å². The van der Waals surface area contributed by atoms with Gasteiger partial charge in [-0.2, -0.15) is 0 Å². The van der Waals surface area contributed by atoms with E-state index in [1.807, 2.05) is 18.2 Å². The lowest BCUT2D eigenvalue weighted by atomic mass is 9.72. The molecule has 3 atom stereocenters. The number of rotatable bonds is 16. The predicted molar refractivity (Wildman–Crippen MR) is 313 cm³/mol. The topological polar surface area (TPSA) is 293 Å². The number of anilines is 2. The number of allylic oxidation sites excluding steroid dienone is 1. The molecule has 2 aromatic heterocycles. The third kappa shape index (κ3) is 11.9. The van der Waals surface area contributed by atoms with Crippen LogP contribution in [0.25, 0.3) is 16.6 Å². The summed E-state index contributed by atoms with van der Waals surface area (Å²) in [4.78, 5) is 106. The van der Waals surface area contributed by atoms with Crippen LogP contribution in [0.15, 0.2) is 114 Å². The molecule has 0 saturated carbocycles. The SMILES string of the molecule is CC1(C)CCC(CN2CCN(c3ccc(C(=O)NS(=O)(=O)c4ccc(NCC5CCCN(C(=O)C(N)c6cccc7c6C(=O)N(C6CCC(=O)NC6=O)C7=O)C5)c([N+](=O)[O-])c4)c(Oc4cnc5[nH]ccc5c4)c3)CC2)=C(c2ccc(Cl)cc2)C1. The van der Waals surface area contributed by atoms with Gasteiger partial charge < -0.3 is 30.6 Å². The molecule has 0 bridgehead atoms. The molecule has 6 heterocycles. The third-order valence-corrected chi connectivity index (χ3v) is 18.1. The number of nitro groups is 1. The monoisotopic (exact) mass is 1180 g/mol. The standard InChI is InChI=1S/C60H62ClN11O11S/c1-60(2)20-18-38(46(30-60)36-8-10-39(61)11-9-36)34-68-23-25-69(26-24-68)40-12-14-43(50(28-40)83-41-27-37-19-21-63-54(37)65-32-41)55(74)67-84(81,82)42-13-15-47(49(29-42)72(79)80)64-31-35-5-4-22-70(33-35)59(78)53(62)44-6-3-7-45-52(44)58(77)71(57(45)76)48-16-17-51(73)66-56(48)75/h3,6-15,19,21,27-29,32,35,48,53,64H,4-5,16-18,20,22-26,30-31,33-34,62H2,1-2H3,(H,63,65)(H,67,74)(H,66,73,75). The molecule has 1 aliphatic carbocycles. The number of imide groups is 2. The average Bonchev–Trinajstić information content (AvgIpc) is 2.70. The first-order valence-corrected chi connectivity index (χ1v) is 29.7. The number of halogens is 1. The van der Waals surface area contributed by atoms with E-state index in [1.165, 1.54) is 58.1 Å². The van der Waals surface area contributed by atoms with Crippen LogP contribution in [0, 0.1) is 21.4 Å². The van der Waals surface area contributed by atoms with Crippen LogP contribution in [0.2, 0.25) is 5.02 Å². The van der Waals surface area contributed by atoms with Gasteiger partial charge in [-0.1, -0.05) is 55.3 Å². The van der Waals surface area contributed by atoms with Crippen molar-refractivity contribution in [2.24, 2.45) is 17.1 Å². The molecule has 84 heavy (non-hydrogen) atoms. The van der Waals surface area contributed by atoms with Crippen LogP contribution in [0.5, 0.6) is 11.5 Å². The number of nitrogens with two attached hydrogens (primary N) is 1. The second kappa shape index (κ2) is 23.3. The molecule has 0 spiro atoms. The lowest BCUT2D eigenvalue weighted by Crippen LogP contribution is -2.54. The number of hydrogen-bond acceptors (Lipinski definition) is 16. The van der Waals surface area contributed by atoms with E-state index in [0.717, 1.165) is 67.0 Å². The van der Waals surface area contributed by atoms with Gasteiger partial charge in [0.15, 0.2) is 0 Å². The highest BCUT2D eigenvalue weighted by atomic mass is 35.5. The molecule has 6 aromatic rings. The number of nitro benzene ring substituents is 1. The number of likely N-dealkylation sites (tertiary alicyclic amines) is 1. The number of carbonyl (C=O) groups excluding carboxylic acids is 6. The minimum atomic E-state index is -4.74. The number of nitrogens with zero attached hydrogens (tertiary/aromatic N) is 6. The lowest BCUT2D eigenvalue weighted by Gasteiger charge is -2.39. The Bertz CT molecular complexity index is 3820. The number of nitrogens with one attached hydrogen (secondary N) is 4. The van der Waals surface area contributed by atoms with Gasteiger partial charge in [0.1, 0.15) is 34.9 Å². The Morgan fingerprint density at radius 3 is 2.49 bits per heavy atom. The van der Waals surface area contributed by atoms with Crippen molar-refractivity contribution in [3.8, 4) is 11.5 Å². The summed E-state index contributed by atoms with van der Waals surface area (Å²) in [6.07, 6.45) is 7.35. The smallest absolute Gasteiger partial charge is 0.293 e. The molecule has 4 aromatic carbocycles. The van der Waals surface area contributed by atoms with E-state index < -0.39 is 73.1 Å². The third-order valence-electron chi connectivity index (χ3n) is 16.6. The number of aromatic nitrogens is 2. The molecule has 3 fully saturated rings. The molecule has 4 aliphatic heterocycles. The van der Waals surface area contributed by atoms with Crippen LogP contribution >= 0.6 is 11.6 Å². The Morgan fingerprint density at radius 1 is 0.940 bits per heavy atom. The highest BCUT2D eigenvalue weighted by Gasteiger charge is 2.47. The van der Waals surface area contributed by atoms with Crippen molar-refractivity contribution in [3.05, 3.63) is 152 Å². The van der Waals surface area contributed by atoms with E-state index >= 15 is 0 Å². The molecule has 0 radical (unpaired) electrons. The van der Waals surface area contributed by atoms with Gasteiger partial charge in [0.25, 0.3) is 33.4 Å². The van der Waals surface area contributed by atoms with E-state index in [0.29, 0.717) is 48.9 Å². The number of benzene rings is 4. The average molecular weight is 1180 g/mol. The maximum atomic E-state index is 14.2. The van der Waals surface area contributed by atoms with Crippen molar-refractivity contribution in [1.29, 1.82) is 0 Å². The van der Waals surface area contributed by atoms with Crippen LogP contribution < -0.4 is 30.7 Å². The van der Waals surface area contributed by atoms with Crippen LogP contribution in [-0.2, 0) is 24.4 Å². The van der Waals surface area contributed by atoms with Crippen molar-refractivity contribution < 1.29 is 46.8 Å². The Labute approximate surface area is 488 Å². The summed E-state index contributed by atoms with van der Waals surface area (Å²) in [6.45, 7) is 8.96. The van der Waals surface area contributed by atoms with E-state index in [9.17, 15) is 47.3 Å². The number of amides is 6. The summed E-state index contributed by atoms with van der Waals surface area (Å²) < 4.78 is 36.5. The quantitative estimate of drug-likeness (QED) is 0.0355. The molecule has 22 nitrogen and oxygen atoms in total. The van der Waals surface area contributed by atoms with Gasteiger partial charge in [0.05, 0.1) is 32.7 Å². The van der Waals surface area contributed by atoms with Gasteiger partial charge in [-0.25, -0.2) is 18.1 Å². The number of H-pyrrole nitrogens is 1. The van der Waals surface area contributed by atoms with Gasteiger partial charge in [-0.05, 0) is 121 Å². The fourth-order valence-corrected chi connectivity index (χ4v) is 13.1. The molecule has 24 heteroatoms. The molecule has 5 aliphatic rings. The minimum Gasteiger partial charge on any atom is -0.455 e. The number of pyridine rings is 1. The Hall–Kier alpha value is -8.51. The number of ether oxygens (including phenoxy) is 1. The van der Waals surface area contributed by atoms with Gasteiger partial charge in [0, 0.05) is 93.2 Å². The van der Waals surface area contributed by atoms with E-state index in [4.69, 9.17) is 22.1 Å². The predicted octanol–water partition coefficient (Wildman–Crippen LogP) is 7.57. The fourth-order valence-electron chi connectivity index (χ4n) is 12.0. The molecule has 3 saturated heterocycles. The first-order valence-electron chi connectivity index (χ1n) is 27.9. The summed E-state index contributed by atoms with van der Waals surface area (Å²) in [5.41, 5.74) is 11.4. The maximum absolute atomic E-state index is 14.2. The van der Waals surface area contributed by atoms with Crippen molar-refractivity contribution in [2.75, 3.05) is 62.6 Å². The summed E-state index contributed by atoms with van der Waals surface area (Å²) in [5.74, 6) is -4.30. The molecular formula is C60H62ClN11O11S. The maximum Gasteiger partial charge on any atom is 0.293 e. The molecule has 6 N–H and O–H groups in total. The zero-order valence-electron chi connectivity index (χ0n) is 46.2. The lowest BCUT2D eigenvalue weighted by molar-refractivity contribution is -0.384. The number of piperazine rings is 1. The fraction of sp³-hybridized carbons (Fsp3) is 0.350. The summed E-state index contributed by atoms with van der Waals surface area (Å²) in [7, 11) is -4.74. The van der Waals surface area contributed by atoms with Crippen molar-refractivity contribution in [3.63, 3.8) is 0 Å². The van der Waals surface area contributed by atoms with Crippen molar-refractivity contribution in [2.45, 2.75) is 75.8 Å². The van der Waals surface area contributed by atoms with E-state index in [1.54, 1.807) is 24.4 Å².